The van der Waals surface area contributed by atoms with Crippen LogP contribution >= 0.6 is 0 Å². The third kappa shape index (κ3) is 7.98. The number of hydrogen-bond acceptors (Lipinski definition) is 11. The first-order valence-electron chi connectivity index (χ1n) is 13.7. The van der Waals surface area contributed by atoms with Crippen molar-refractivity contribution < 1.29 is 23.9 Å². The number of non-ortho nitro benzene ring substituents is 1. The second kappa shape index (κ2) is 14.3. The first kappa shape index (κ1) is 31.7. The second-order valence-electron chi connectivity index (χ2n) is 10.1. The molecule has 0 radical (unpaired) electrons. The first-order chi connectivity index (χ1) is 21.0. The Labute approximate surface area is 253 Å². The van der Waals surface area contributed by atoms with Crippen LogP contribution in [-0.2, 0) is 33.8 Å². The summed E-state index contributed by atoms with van der Waals surface area (Å²) in [6, 6.07) is 13.4. The molecule has 44 heavy (non-hydrogen) atoms. The van der Waals surface area contributed by atoms with Crippen LogP contribution in [0.3, 0.4) is 0 Å². The van der Waals surface area contributed by atoms with Gasteiger partial charge in [-0.1, -0.05) is 24.3 Å². The molecule has 2 atom stereocenters. The largest absolute Gasteiger partial charge is 0.497 e. The van der Waals surface area contributed by atoms with Crippen LogP contribution in [0.5, 0.6) is 5.75 Å². The highest BCUT2D eigenvalue weighted by atomic mass is 16.6. The minimum atomic E-state index is -0.850. The van der Waals surface area contributed by atoms with Gasteiger partial charge in [-0.25, -0.2) is 15.0 Å². The number of rotatable bonds is 13. The normalized spacial score (nSPS) is 12.7. The van der Waals surface area contributed by atoms with Crippen molar-refractivity contribution in [2.75, 3.05) is 21.2 Å². The number of carbonyl (C=O) groups excluding carboxylic acids is 1. The van der Waals surface area contributed by atoms with Crippen LogP contribution in [0.4, 0.5) is 11.6 Å². The Bertz CT molecular complexity index is 1700. The molecule has 4 rings (SSSR count). The number of fused-ring (bicyclic) bond motifs is 1. The van der Waals surface area contributed by atoms with Gasteiger partial charge in [-0.05, 0) is 36.6 Å². The van der Waals surface area contributed by atoms with E-state index in [4.69, 9.17) is 14.2 Å². The molecule has 0 amide bonds. The van der Waals surface area contributed by atoms with Crippen LogP contribution in [0.1, 0.15) is 36.8 Å². The van der Waals surface area contributed by atoms with E-state index in [1.807, 2.05) is 12.1 Å². The van der Waals surface area contributed by atoms with E-state index in [2.05, 4.69) is 19.9 Å². The number of nitro groups is 1. The Morgan fingerprint density at radius 3 is 2.41 bits per heavy atom. The number of aliphatic imine (C=N–C) groups is 1. The fourth-order valence-electron chi connectivity index (χ4n) is 4.32. The number of methoxy groups -OCH3 is 1. The van der Waals surface area contributed by atoms with E-state index < -0.39 is 28.7 Å². The summed E-state index contributed by atoms with van der Waals surface area (Å²) >= 11 is 0. The number of aryl methyl sites for hydroxylation is 1. The quantitative estimate of drug-likeness (QED) is 0.0718. The first-order valence-corrected chi connectivity index (χ1v) is 13.7. The summed E-state index contributed by atoms with van der Waals surface area (Å²) in [4.78, 5) is 55.7. The Morgan fingerprint density at radius 2 is 1.80 bits per heavy atom. The molecular weight excluding hydrogens is 570 g/mol. The van der Waals surface area contributed by atoms with Gasteiger partial charge in [-0.3, -0.25) is 24.3 Å². The number of hydrogen-bond donors (Lipinski definition) is 0. The lowest BCUT2D eigenvalue weighted by molar-refractivity contribution is -0.384. The van der Waals surface area contributed by atoms with Crippen LogP contribution in [0.2, 0.25) is 0 Å². The molecule has 0 N–H and O–H groups in total. The summed E-state index contributed by atoms with van der Waals surface area (Å²) in [6.45, 7) is 3.31. The zero-order chi connectivity index (χ0) is 31.8. The standard InChI is InChI=1S/C30H33N7O7/c1-19(44-20(2)38)27(43-17-22-8-12-24(42-5)13-9-22)25-16-31-28-26(33-25)29(39)36(30(34-28)32-18-35(3)4)15-14-21-6-10-23(11-7-21)37(40)41/h6-13,16,18-19,27H,14-15,17H2,1-5H3/b32-18+/t19-,27-/m0/s1. The SMILES string of the molecule is COc1ccc(CO[C@H](c2cnc3nc(/N=C/N(C)C)n(CCc4ccc([N+](=O)[O-])cc4)c(=O)c3n2)[C@H](C)OC(C)=O)cc1. The molecule has 0 aliphatic carbocycles. The van der Waals surface area contributed by atoms with E-state index in [9.17, 15) is 19.7 Å². The molecule has 0 saturated heterocycles. The van der Waals surface area contributed by atoms with Crippen molar-refractivity contribution in [3.05, 3.63) is 92.0 Å². The molecule has 2 aromatic heterocycles. The van der Waals surface area contributed by atoms with Crippen LogP contribution in [0.25, 0.3) is 11.2 Å². The Balaban J connectivity index is 1.71. The lowest BCUT2D eigenvalue weighted by Crippen LogP contribution is -2.27. The van der Waals surface area contributed by atoms with Crippen LogP contribution in [0, 0.1) is 10.1 Å². The van der Waals surface area contributed by atoms with Crippen molar-refractivity contribution in [1.29, 1.82) is 0 Å². The zero-order valence-electron chi connectivity index (χ0n) is 25.0. The van der Waals surface area contributed by atoms with Crippen molar-refractivity contribution in [3.63, 3.8) is 0 Å². The van der Waals surface area contributed by atoms with E-state index in [0.717, 1.165) is 11.1 Å². The van der Waals surface area contributed by atoms with E-state index in [1.165, 1.54) is 36.2 Å². The second-order valence-corrected chi connectivity index (χ2v) is 10.1. The molecule has 0 spiro atoms. The van der Waals surface area contributed by atoms with Gasteiger partial charge in [0.1, 0.15) is 18.0 Å². The smallest absolute Gasteiger partial charge is 0.302 e. The number of carbonyl (C=O) groups is 1. The van der Waals surface area contributed by atoms with Crippen LogP contribution < -0.4 is 10.3 Å². The summed E-state index contributed by atoms with van der Waals surface area (Å²) < 4.78 is 18.2. The average molecular weight is 604 g/mol. The fraction of sp³-hybridized carbons (Fsp3) is 0.333. The van der Waals surface area contributed by atoms with E-state index in [0.29, 0.717) is 12.2 Å². The minimum absolute atomic E-state index is 0.0110. The van der Waals surface area contributed by atoms with Crippen molar-refractivity contribution in [3.8, 4) is 5.75 Å². The van der Waals surface area contributed by atoms with Gasteiger partial charge in [-0.15, -0.1) is 0 Å². The maximum absolute atomic E-state index is 13.8. The zero-order valence-corrected chi connectivity index (χ0v) is 25.0. The molecule has 0 aliphatic heterocycles. The summed E-state index contributed by atoms with van der Waals surface area (Å²) in [7, 11) is 5.15. The van der Waals surface area contributed by atoms with Gasteiger partial charge in [0.2, 0.25) is 5.95 Å². The number of esters is 1. The maximum atomic E-state index is 13.8. The van der Waals surface area contributed by atoms with Crippen molar-refractivity contribution in [1.82, 2.24) is 24.4 Å². The van der Waals surface area contributed by atoms with E-state index in [1.54, 1.807) is 57.3 Å². The molecule has 14 nitrogen and oxygen atoms in total. The number of nitro benzene ring substituents is 1. The molecule has 230 valence electrons. The van der Waals surface area contributed by atoms with E-state index >= 15 is 0 Å². The minimum Gasteiger partial charge on any atom is -0.497 e. The predicted molar refractivity (Wildman–Crippen MR) is 162 cm³/mol. The molecule has 4 aromatic rings. The molecule has 2 heterocycles. The van der Waals surface area contributed by atoms with Gasteiger partial charge in [0, 0.05) is 39.7 Å². The lowest BCUT2D eigenvalue weighted by Gasteiger charge is -2.23. The fourth-order valence-corrected chi connectivity index (χ4v) is 4.32. The summed E-state index contributed by atoms with van der Waals surface area (Å²) in [5.74, 6) is 0.328. The van der Waals surface area contributed by atoms with Gasteiger partial charge in [-0.2, -0.15) is 4.98 Å². The molecule has 0 unspecified atom stereocenters. The van der Waals surface area contributed by atoms with Gasteiger partial charge in [0.25, 0.3) is 11.2 Å². The van der Waals surface area contributed by atoms with Gasteiger partial charge < -0.3 is 19.1 Å². The van der Waals surface area contributed by atoms with Gasteiger partial charge in [0.05, 0.1) is 36.9 Å². The summed E-state index contributed by atoms with van der Waals surface area (Å²) in [5.41, 5.74) is 1.49. The number of nitrogens with zero attached hydrogens (tertiary/aromatic N) is 7. The van der Waals surface area contributed by atoms with Crippen LogP contribution in [-0.4, -0.2) is 69.0 Å². The van der Waals surface area contributed by atoms with Crippen LogP contribution in [0.15, 0.2) is 64.5 Å². The summed E-state index contributed by atoms with van der Waals surface area (Å²) in [6.07, 6.45) is 1.73. The Hall–Kier alpha value is -5.24. The molecule has 0 fully saturated rings. The third-order valence-electron chi connectivity index (χ3n) is 6.50. The molecule has 2 aromatic carbocycles. The highest BCUT2D eigenvalue weighted by Gasteiger charge is 2.26. The number of aromatic nitrogens is 4. The van der Waals surface area contributed by atoms with Crippen molar-refractivity contribution in [2.45, 2.75) is 45.6 Å². The van der Waals surface area contributed by atoms with E-state index in [-0.39, 0.29) is 41.6 Å². The molecule has 0 bridgehead atoms. The lowest BCUT2D eigenvalue weighted by atomic mass is 10.1. The van der Waals surface area contributed by atoms with Crippen molar-refractivity contribution >= 4 is 35.1 Å². The summed E-state index contributed by atoms with van der Waals surface area (Å²) in [5, 5.41) is 11.0. The molecule has 0 aliphatic rings. The van der Waals surface area contributed by atoms with Gasteiger partial charge in [0.15, 0.2) is 11.2 Å². The number of benzene rings is 2. The van der Waals surface area contributed by atoms with Gasteiger partial charge >= 0.3 is 5.97 Å². The monoisotopic (exact) mass is 603 g/mol. The van der Waals surface area contributed by atoms with Crippen molar-refractivity contribution in [2.24, 2.45) is 4.99 Å². The highest BCUT2D eigenvalue weighted by Crippen LogP contribution is 2.25. The third-order valence-corrected chi connectivity index (χ3v) is 6.50. The number of ether oxygens (including phenoxy) is 3. The Morgan fingerprint density at radius 1 is 1.11 bits per heavy atom. The molecule has 0 saturated carbocycles. The predicted octanol–water partition coefficient (Wildman–Crippen LogP) is 3.78. The highest BCUT2D eigenvalue weighted by molar-refractivity contribution is 5.70. The topological polar surface area (TPSA) is 164 Å². The molecular formula is C30H33N7O7. The maximum Gasteiger partial charge on any atom is 0.302 e. The average Bonchev–Trinajstić information content (AvgIpc) is 3.00. The molecule has 14 heteroatoms. The Kier molecular flexibility index (Phi) is 10.3.